The minimum atomic E-state index is -0.0976. The van der Waals surface area contributed by atoms with Gasteiger partial charge in [0, 0.05) is 28.5 Å². The van der Waals surface area contributed by atoms with E-state index in [1.54, 1.807) is 6.20 Å². The molecule has 4 nitrogen and oxygen atoms in total. The molecule has 3 aromatic carbocycles. The Kier molecular flexibility index (Phi) is 5.02. The first kappa shape index (κ1) is 17.7. The minimum absolute atomic E-state index is 0.0607. The van der Waals surface area contributed by atoms with Gasteiger partial charge < -0.3 is 10.6 Å². The van der Waals surface area contributed by atoms with Crippen LogP contribution in [0.3, 0.4) is 0 Å². The number of aromatic nitrogens is 1. The molecule has 28 heavy (non-hydrogen) atoms. The summed E-state index contributed by atoms with van der Waals surface area (Å²) in [6, 6.07) is 27.3. The minimum Gasteiger partial charge on any atom is -0.355 e. The molecule has 0 aliphatic carbocycles. The molecule has 1 heterocycles. The number of nitrogens with zero attached hydrogens (tertiary/aromatic N) is 1. The topological polar surface area (TPSA) is 54.0 Å². The maximum Gasteiger partial charge on any atom is 0.251 e. The zero-order valence-corrected chi connectivity index (χ0v) is 15.6. The molecule has 0 unspecified atom stereocenters. The highest BCUT2D eigenvalue weighted by Gasteiger charge is 2.12. The van der Waals surface area contributed by atoms with E-state index in [0.717, 1.165) is 27.8 Å². The highest BCUT2D eigenvalue weighted by molar-refractivity contribution is 5.96. The van der Waals surface area contributed by atoms with Gasteiger partial charge in [0.25, 0.3) is 5.91 Å². The van der Waals surface area contributed by atoms with Crippen LogP contribution in [-0.4, -0.2) is 10.9 Å². The number of benzene rings is 3. The summed E-state index contributed by atoms with van der Waals surface area (Å²) in [6.45, 7) is 1.98. The average molecular weight is 367 g/mol. The number of rotatable bonds is 5. The predicted octanol–water partition coefficient (Wildman–Crippen LogP) is 5.47. The maximum absolute atomic E-state index is 12.7. The summed E-state index contributed by atoms with van der Waals surface area (Å²) in [7, 11) is 0. The van der Waals surface area contributed by atoms with E-state index in [1.165, 1.54) is 0 Å². The molecule has 0 aliphatic heterocycles. The zero-order valence-electron chi connectivity index (χ0n) is 15.6. The summed E-state index contributed by atoms with van der Waals surface area (Å²) in [4.78, 5) is 17.1. The molecule has 138 valence electrons. The fourth-order valence-electron chi connectivity index (χ4n) is 3.20. The van der Waals surface area contributed by atoms with Gasteiger partial charge in [-0.3, -0.25) is 9.78 Å². The van der Waals surface area contributed by atoms with Crippen LogP contribution in [0.15, 0.2) is 91.1 Å². The van der Waals surface area contributed by atoms with E-state index in [1.807, 2.05) is 91.9 Å². The molecule has 0 bridgehead atoms. The van der Waals surface area contributed by atoms with Crippen LogP contribution in [0, 0.1) is 0 Å². The van der Waals surface area contributed by atoms with Gasteiger partial charge in [0.1, 0.15) is 0 Å². The summed E-state index contributed by atoms with van der Waals surface area (Å²) < 4.78 is 0. The number of amides is 1. The number of fused-ring (bicyclic) bond motifs is 1. The third kappa shape index (κ3) is 3.86. The predicted molar refractivity (Wildman–Crippen MR) is 114 cm³/mol. The van der Waals surface area contributed by atoms with Crippen LogP contribution in [0.25, 0.3) is 10.9 Å². The van der Waals surface area contributed by atoms with Crippen LogP contribution < -0.4 is 10.6 Å². The van der Waals surface area contributed by atoms with Gasteiger partial charge in [0.05, 0.1) is 11.6 Å². The Morgan fingerprint density at radius 3 is 2.54 bits per heavy atom. The molecule has 2 N–H and O–H groups in total. The number of carbonyl (C=O) groups is 1. The lowest BCUT2D eigenvalue weighted by Crippen LogP contribution is -2.26. The zero-order chi connectivity index (χ0) is 19.3. The van der Waals surface area contributed by atoms with E-state index in [9.17, 15) is 4.79 Å². The Labute approximate surface area is 164 Å². The second-order valence-electron chi connectivity index (χ2n) is 6.69. The Bertz CT molecular complexity index is 1100. The summed E-state index contributed by atoms with van der Waals surface area (Å²) >= 11 is 0. The summed E-state index contributed by atoms with van der Waals surface area (Å²) in [6.07, 6.45) is 1.78. The molecule has 0 saturated heterocycles. The number of carbonyl (C=O) groups excluding carboxylic acids is 1. The summed E-state index contributed by atoms with van der Waals surface area (Å²) in [5.41, 5.74) is 4.44. The molecule has 0 radical (unpaired) electrons. The molecule has 4 aromatic rings. The number of hydrogen-bond acceptors (Lipinski definition) is 3. The van der Waals surface area contributed by atoms with Crippen molar-refractivity contribution in [2.45, 2.75) is 13.0 Å². The fraction of sp³-hybridized carbons (Fsp3) is 0.0833. The Balaban J connectivity index is 1.53. The van der Waals surface area contributed by atoms with Crippen molar-refractivity contribution in [3.63, 3.8) is 0 Å². The lowest BCUT2D eigenvalue weighted by Gasteiger charge is -2.15. The Hall–Kier alpha value is -3.66. The molecule has 1 amide bonds. The van der Waals surface area contributed by atoms with Crippen molar-refractivity contribution in [1.82, 2.24) is 10.3 Å². The number of anilines is 2. The summed E-state index contributed by atoms with van der Waals surface area (Å²) in [5, 5.41) is 7.50. The van der Waals surface area contributed by atoms with Crippen molar-refractivity contribution in [1.29, 1.82) is 0 Å². The lowest BCUT2D eigenvalue weighted by molar-refractivity contribution is 0.0940. The van der Waals surface area contributed by atoms with E-state index in [-0.39, 0.29) is 11.9 Å². The lowest BCUT2D eigenvalue weighted by atomic mass is 10.1. The summed E-state index contributed by atoms with van der Waals surface area (Å²) in [5.74, 6) is -0.0976. The van der Waals surface area contributed by atoms with Gasteiger partial charge >= 0.3 is 0 Å². The van der Waals surface area contributed by atoms with E-state index in [4.69, 9.17) is 0 Å². The fourth-order valence-corrected chi connectivity index (χ4v) is 3.20. The SMILES string of the molecule is C[C@@H](NC(=O)c1cccc(Nc2ccnc3ccccc23)c1)c1ccccc1. The first-order valence-corrected chi connectivity index (χ1v) is 9.27. The molecule has 0 aliphatic rings. The third-order valence-corrected chi connectivity index (χ3v) is 4.70. The van der Waals surface area contributed by atoms with Crippen LogP contribution in [-0.2, 0) is 0 Å². The number of nitrogens with one attached hydrogen (secondary N) is 2. The molecular formula is C24H21N3O. The molecule has 4 rings (SSSR count). The highest BCUT2D eigenvalue weighted by atomic mass is 16.1. The molecule has 1 aromatic heterocycles. The molecule has 1 atom stereocenters. The van der Waals surface area contributed by atoms with E-state index >= 15 is 0 Å². The Morgan fingerprint density at radius 1 is 0.893 bits per heavy atom. The average Bonchev–Trinajstić information content (AvgIpc) is 2.75. The number of para-hydroxylation sites is 1. The van der Waals surface area contributed by atoms with Crippen LogP contribution >= 0.6 is 0 Å². The van der Waals surface area contributed by atoms with Crippen molar-refractivity contribution in [2.75, 3.05) is 5.32 Å². The van der Waals surface area contributed by atoms with E-state index in [0.29, 0.717) is 5.56 Å². The van der Waals surface area contributed by atoms with Crippen molar-refractivity contribution >= 4 is 28.2 Å². The van der Waals surface area contributed by atoms with Crippen LogP contribution in [0.1, 0.15) is 28.9 Å². The Morgan fingerprint density at radius 2 is 1.68 bits per heavy atom. The first-order valence-electron chi connectivity index (χ1n) is 9.27. The second kappa shape index (κ2) is 7.92. The smallest absolute Gasteiger partial charge is 0.251 e. The van der Waals surface area contributed by atoms with Gasteiger partial charge in [0.2, 0.25) is 0 Å². The van der Waals surface area contributed by atoms with Crippen molar-refractivity contribution in [2.24, 2.45) is 0 Å². The number of hydrogen-bond donors (Lipinski definition) is 2. The van der Waals surface area contributed by atoms with Crippen LogP contribution in [0.5, 0.6) is 0 Å². The molecule has 0 spiro atoms. The molecule has 0 fully saturated rings. The third-order valence-electron chi connectivity index (χ3n) is 4.70. The van der Waals surface area contributed by atoms with Crippen molar-refractivity contribution < 1.29 is 4.79 Å². The second-order valence-corrected chi connectivity index (χ2v) is 6.69. The van der Waals surface area contributed by atoms with Gasteiger partial charge in [-0.15, -0.1) is 0 Å². The van der Waals surface area contributed by atoms with Gasteiger partial charge in [-0.25, -0.2) is 0 Å². The van der Waals surface area contributed by atoms with E-state index < -0.39 is 0 Å². The molecular weight excluding hydrogens is 346 g/mol. The maximum atomic E-state index is 12.7. The standard InChI is InChI=1S/C24H21N3O/c1-17(18-8-3-2-4-9-18)26-24(28)19-10-7-11-20(16-19)27-23-14-15-25-22-13-6-5-12-21(22)23/h2-17H,1H3,(H,25,27)(H,26,28)/t17-/m1/s1. The first-order chi connectivity index (χ1) is 13.7. The molecule has 0 saturated carbocycles. The van der Waals surface area contributed by atoms with Gasteiger partial charge in [0.15, 0.2) is 0 Å². The van der Waals surface area contributed by atoms with Crippen molar-refractivity contribution in [3.05, 3.63) is 102 Å². The van der Waals surface area contributed by atoms with Crippen LogP contribution in [0.2, 0.25) is 0 Å². The van der Waals surface area contributed by atoms with Gasteiger partial charge in [-0.05, 0) is 42.8 Å². The number of pyridine rings is 1. The van der Waals surface area contributed by atoms with Gasteiger partial charge in [-0.1, -0.05) is 54.6 Å². The highest BCUT2D eigenvalue weighted by Crippen LogP contribution is 2.25. The molecule has 4 heteroatoms. The largest absolute Gasteiger partial charge is 0.355 e. The monoisotopic (exact) mass is 367 g/mol. The van der Waals surface area contributed by atoms with Crippen LogP contribution in [0.4, 0.5) is 11.4 Å². The van der Waals surface area contributed by atoms with E-state index in [2.05, 4.69) is 15.6 Å². The van der Waals surface area contributed by atoms with Crippen molar-refractivity contribution in [3.8, 4) is 0 Å². The van der Waals surface area contributed by atoms with Gasteiger partial charge in [-0.2, -0.15) is 0 Å². The normalized spacial score (nSPS) is 11.8. The quantitative estimate of drug-likeness (QED) is 0.492.